The molecule has 0 saturated carbocycles. The van der Waals surface area contributed by atoms with Crippen LogP contribution in [0.2, 0.25) is 0 Å². The van der Waals surface area contributed by atoms with Crippen LogP contribution in [-0.2, 0) is 14.3 Å². The van der Waals surface area contributed by atoms with Crippen LogP contribution in [0.3, 0.4) is 0 Å². The van der Waals surface area contributed by atoms with Gasteiger partial charge in [-0.3, -0.25) is 9.59 Å². The first-order valence-corrected chi connectivity index (χ1v) is 24.6. The molecule has 0 rings (SSSR count). The molecule has 0 saturated heterocycles. The van der Waals surface area contributed by atoms with Crippen LogP contribution in [0.4, 0.5) is 0 Å². The number of carbonyl (C=O) groups is 2. The normalized spacial score (nSPS) is 13.8. The molecule has 58 heavy (non-hydrogen) atoms. The molecule has 1 amide bonds. The number of nitrogens with one attached hydrogen (secondary N) is 1. The van der Waals surface area contributed by atoms with Crippen molar-refractivity contribution in [2.24, 2.45) is 0 Å². The van der Waals surface area contributed by atoms with E-state index >= 15 is 0 Å². The number of unbranched alkanes of at least 4 members (excludes halogenated alkanes) is 26. The van der Waals surface area contributed by atoms with Crippen molar-refractivity contribution < 1.29 is 24.5 Å². The highest BCUT2D eigenvalue weighted by molar-refractivity contribution is 5.77. The largest absolute Gasteiger partial charge is 0.461 e. The van der Waals surface area contributed by atoms with Gasteiger partial charge in [-0.2, -0.15) is 0 Å². The van der Waals surface area contributed by atoms with E-state index in [1.165, 1.54) is 141 Å². The minimum Gasteiger partial charge on any atom is -0.461 e. The maximum Gasteiger partial charge on any atom is 0.306 e. The average Bonchev–Trinajstić information content (AvgIpc) is 3.22. The molecule has 0 aromatic heterocycles. The molecule has 6 heteroatoms. The van der Waals surface area contributed by atoms with Gasteiger partial charge < -0.3 is 20.3 Å². The third-order valence-electron chi connectivity index (χ3n) is 11.0. The van der Waals surface area contributed by atoms with E-state index in [0.717, 1.165) is 44.9 Å². The highest BCUT2D eigenvalue weighted by atomic mass is 16.5. The standard InChI is InChI=1S/C52H93NO5/c1-4-7-10-13-16-19-22-24-25-26-27-30-33-36-39-42-45-52(57)58-48(43-40-37-34-31-28-21-18-15-12-9-6-3)46-51(56)53-49(47-54)50(55)44-41-38-35-32-29-23-20-17-14-11-8-5-2/h9,12,15,18,21,28,31,34,37,40,48-50,54-55H,4-8,10-11,13-14,16-17,19-20,22-27,29-30,32-33,35-36,38-39,41-47H2,1-3H3,(H,53,56)/b12-9+,18-15+,28-21-,34-31-,40-37+. The first-order chi connectivity index (χ1) is 28.5. The van der Waals surface area contributed by atoms with Gasteiger partial charge in [0.25, 0.3) is 0 Å². The summed E-state index contributed by atoms with van der Waals surface area (Å²) in [7, 11) is 0. The van der Waals surface area contributed by atoms with Crippen LogP contribution in [0.5, 0.6) is 0 Å². The van der Waals surface area contributed by atoms with Crippen molar-refractivity contribution in [2.45, 2.75) is 251 Å². The molecule has 0 aromatic carbocycles. The summed E-state index contributed by atoms with van der Waals surface area (Å²) in [5, 5.41) is 23.6. The summed E-state index contributed by atoms with van der Waals surface area (Å²) in [6, 6.07) is -0.738. The molecule has 3 atom stereocenters. The maximum absolute atomic E-state index is 13.1. The summed E-state index contributed by atoms with van der Waals surface area (Å²) in [6.07, 6.45) is 55.9. The average molecular weight is 812 g/mol. The highest BCUT2D eigenvalue weighted by Crippen LogP contribution is 2.17. The maximum atomic E-state index is 13.1. The quantitative estimate of drug-likeness (QED) is 0.0324. The summed E-state index contributed by atoms with van der Waals surface area (Å²) in [5.74, 6) is -0.603. The second-order valence-corrected chi connectivity index (χ2v) is 16.6. The Kier molecular flexibility index (Phi) is 43.7. The van der Waals surface area contributed by atoms with Gasteiger partial charge in [-0.1, -0.05) is 255 Å². The van der Waals surface area contributed by atoms with Gasteiger partial charge in [0.2, 0.25) is 5.91 Å². The van der Waals surface area contributed by atoms with E-state index in [1.54, 1.807) is 0 Å². The molecule has 336 valence electrons. The van der Waals surface area contributed by atoms with E-state index in [2.05, 4.69) is 32.2 Å². The zero-order valence-electron chi connectivity index (χ0n) is 38.2. The van der Waals surface area contributed by atoms with E-state index in [9.17, 15) is 19.8 Å². The summed E-state index contributed by atoms with van der Waals surface area (Å²) in [6.45, 7) is 6.30. The van der Waals surface area contributed by atoms with Gasteiger partial charge in [0.15, 0.2) is 0 Å². The molecule has 0 heterocycles. The predicted octanol–water partition coefficient (Wildman–Crippen LogP) is 14.5. The van der Waals surface area contributed by atoms with Gasteiger partial charge in [-0.05, 0) is 19.3 Å². The van der Waals surface area contributed by atoms with Gasteiger partial charge in [0, 0.05) is 12.8 Å². The Morgan fingerprint density at radius 3 is 1.31 bits per heavy atom. The van der Waals surface area contributed by atoms with Crippen molar-refractivity contribution in [3.05, 3.63) is 60.8 Å². The lowest BCUT2D eigenvalue weighted by atomic mass is 10.0. The van der Waals surface area contributed by atoms with Crippen LogP contribution >= 0.6 is 0 Å². The minimum absolute atomic E-state index is 0.0173. The van der Waals surface area contributed by atoms with Gasteiger partial charge in [0.1, 0.15) is 6.10 Å². The number of ether oxygens (including phenoxy) is 1. The number of esters is 1. The number of rotatable bonds is 43. The molecule has 0 aliphatic rings. The number of aliphatic hydroxyl groups is 2. The van der Waals surface area contributed by atoms with Crippen LogP contribution in [-0.4, -0.2) is 46.9 Å². The number of aliphatic hydroxyl groups excluding tert-OH is 2. The minimum atomic E-state index is -0.816. The summed E-state index contributed by atoms with van der Waals surface area (Å²) in [5.41, 5.74) is 0. The van der Waals surface area contributed by atoms with Crippen LogP contribution < -0.4 is 5.32 Å². The lowest BCUT2D eigenvalue weighted by molar-refractivity contribution is -0.150. The van der Waals surface area contributed by atoms with E-state index in [0.29, 0.717) is 19.3 Å². The molecule has 0 fully saturated rings. The molecular weight excluding hydrogens is 719 g/mol. The second kappa shape index (κ2) is 45.6. The van der Waals surface area contributed by atoms with E-state index in [1.807, 2.05) is 54.7 Å². The number of amides is 1. The SMILES string of the molecule is CC/C=C/C=C/C=C\C=C/C=C/CC(CC(=O)NC(CO)C(O)CCCCCCCCCCCCCC)OC(=O)CCCCCCCCCCCCCCCCCC. The Hall–Kier alpha value is -2.44. The van der Waals surface area contributed by atoms with Crippen molar-refractivity contribution in [1.29, 1.82) is 0 Å². The van der Waals surface area contributed by atoms with E-state index in [4.69, 9.17) is 4.74 Å². The summed E-state index contributed by atoms with van der Waals surface area (Å²) < 4.78 is 5.83. The third kappa shape index (κ3) is 40.3. The first kappa shape index (κ1) is 55.6. The topological polar surface area (TPSA) is 95.9 Å². The molecule has 6 nitrogen and oxygen atoms in total. The Labute approximate surface area is 358 Å². The number of hydrogen-bond acceptors (Lipinski definition) is 5. The summed E-state index contributed by atoms with van der Waals surface area (Å²) >= 11 is 0. The summed E-state index contributed by atoms with van der Waals surface area (Å²) in [4.78, 5) is 26.0. The van der Waals surface area contributed by atoms with Crippen LogP contribution in [0.15, 0.2) is 60.8 Å². The van der Waals surface area contributed by atoms with Gasteiger partial charge in [-0.15, -0.1) is 0 Å². The lowest BCUT2D eigenvalue weighted by Gasteiger charge is -2.24. The fourth-order valence-corrected chi connectivity index (χ4v) is 7.28. The molecule has 0 aliphatic heterocycles. The molecule has 0 spiro atoms. The Morgan fingerprint density at radius 2 is 0.897 bits per heavy atom. The third-order valence-corrected chi connectivity index (χ3v) is 11.0. The van der Waals surface area contributed by atoms with Crippen molar-refractivity contribution >= 4 is 11.9 Å². The highest BCUT2D eigenvalue weighted by Gasteiger charge is 2.23. The molecule has 0 bridgehead atoms. The van der Waals surface area contributed by atoms with Crippen molar-refractivity contribution in [3.63, 3.8) is 0 Å². The molecule has 3 unspecified atom stereocenters. The van der Waals surface area contributed by atoms with Crippen molar-refractivity contribution in [2.75, 3.05) is 6.61 Å². The van der Waals surface area contributed by atoms with Crippen LogP contribution in [0, 0.1) is 0 Å². The first-order valence-electron chi connectivity index (χ1n) is 24.6. The lowest BCUT2D eigenvalue weighted by Crippen LogP contribution is -2.46. The Morgan fingerprint density at radius 1 is 0.517 bits per heavy atom. The molecule has 0 radical (unpaired) electrons. The number of allylic oxidation sites excluding steroid dienone is 9. The number of hydrogen-bond donors (Lipinski definition) is 3. The molecular formula is C52H93NO5. The Balaban J connectivity index is 4.63. The number of carbonyl (C=O) groups excluding carboxylic acids is 2. The fourth-order valence-electron chi connectivity index (χ4n) is 7.28. The second-order valence-electron chi connectivity index (χ2n) is 16.6. The zero-order valence-corrected chi connectivity index (χ0v) is 38.2. The Bertz CT molecular complexity index is 1050. The predicted molar refractivity (Wildman–Crippen MR) is 250 cm³/mol. The smallest absolute Gasteiger partial charge is 0.306 e. The van der Waals surface area contributed by atoms with Crippen molar-refractivity contribution in [3.8, 4) is 0 Å². The van der Waals surface area contributed by atoms with Crippen molar-refractivity contribution in [1.82, 2.24) is 5.32 Å². The fraction of sp³-hybridized carbons (Fsp3) is 0.769. The van der Waals surface area contributed by atoms with E-state index in [-0.39, 0.29) is 24.9 Å². The molecule has 0 aliphatic carbocycles. The van der Waals surface area contributed by atoms with Gasteiger partial charge >= 0.3 is 5.97 Å². The molecule has 0 aromatic rings. The van der Waals surface area contributed by atoms with Crippen LogP contribution in [0.25, 0.3) is 0 Å². The molecule has 3 N–H and O–H groups in total. The zero-order chi connectivity index (χ0) is 42.4. The van der Waals surface area contributed by atoms with E-state index < -0.39 is 18.2 Å². The monoisotopic (exact) mass is 812 g/mol. The van der Waals surface area contributed by atoms with Crippen LogP contribution in [0.1, 0.15) is 233 Å². The van der Waals surface area contributed by atoms with Gasteiger partial charge in [-0.25, -0.2) is 0 Å². The van der Waals surface area contributed by atoms with Gasteiger partial charge in [0.05, 0.1) is 25.2 Å².